The van der Waals surface area contributed by atoms with E-state index in [4.69, 9.17) is 4.74 Å². The molecule has 2 aliphatic rings. The minimum absolute atomic E-state index is 0.172. The van der Waals surface area contributed by atoms with Gasteiger partial charge in [-0.3, -0.25) is 0 Å². The van der Waals surface area contributed by atoms with E-state index in [0.29, 0.717) is 6.61 Å². The Hall–Kier alpha value is -1.55. The van der Waals surface area contributed by atoms with Gasteiger partial charge in [-0.25, -0.2) is 4.79 Å². The number of benzene rings is 1. The van der Waals surface area contributed by atoms with Gasteiger partial charge in [-0.2, -0.15) is 0 Å². The second kappa shape index (κ2) is 6.48. The maximum absolute atomic E-state index is 12.2. The van der Waals surface area contributed by atoms with Crippen LogP contribution in [0.15, 0.2) is 30.3 Å². The number of likely N-dealkylation sites (tertiary alicyclic amines) is 1. The highest BCUT2D eigenvalue weighted by molar-refractivity contribution is 5.67. The van der Waals surface area contributed by atoms with Crippen LogP contribution in [-0.4, -0.2) is 36.2 Å². The van der Waals surface area contributed by atoms with Crippen LogP contribution >= 0.6 is 0 Å². The first-order valence-corrected chi connectivity index (χ1v) is 7.98. The lowest BCUT2D eigenvalue weighted by Crippen LogP contribution is -2.41. The van der Waals surface area contributed by atoms with Gasteiger partial charge in [-0.1, -0.05) is 30.3 Å². The molecule has 114 valence electrons. The Labute approximate surface area is 126 Å². The highest BCUT2D eigenvalue weighted by Gasteiger charge is 2.35. The number of carbonyl (C=O) groups is 1. The predicted molar refractivity (Wildman–Crippen MR) is 82.0 cm³/mol. The summed E-state index contributed by atoms with van der Waals surface area (Å²) >= 11 is 0. The van der Waals surface area contributed by atoms with Crippen molar-refractivity contribution in [3.63, 3.8) is 0 Å². The monoisotopic (exact) mass is 288 g/mol. The van der Waals surface area contributed by atoms with Crippen molar-refractivity contribution in [2.45, 2.75) is 44.2 Å². The van der Waals surface area contributed by atoms with Gasteiger partial charge in [0.15, 0.2) is 0 Å². The van der Waals surface area contributed by atoms with Crippen molar-refractivity contribution >= 4 is 6.09 Å². The lowest BCUT2D eigenvalue weighted by Gasteiger charge is -2.28. The van der Waals surface area contributed by atoms with Crippen molar-refractivity contribution in [1.82, 2.24) is 10.2 Å². The number of rotatable bonds is 2. The summed E-state index contributed by atoms with van der Waals surface area (Å²) in [6.45, 7) is 3.11. The lowest BCUT2D eigenvalue weighted by molar-refractivity contribution is 0.0967. The third kappa shape index (κ3) is 3.56. The van der Waals surface area contributed by atoms with Crippen LogP contribution in [0.5, 0.6) is 0 Å². The zero-order chi connectivity index (χ0) is 14.5. The van der Waals surface area contributed by atoms with Crippen LogP contribution in [0.4, 0.5) is 4.79 Å². The minimum atomic E-state index is -0.172. The summed E-state index contributed by atoms with van der Waals surface area (Å²) in [6, 6.07) is 9.85. The topological polar surface area (TPSA) is 41.6 Å². The van der Waals surface area contributed by atoms with E-state index in [2.05, 4.69) is 5.32 Å². The second-order valence-corrected chi connectivity index (χ2v) is 6.19. The van der Waals surface area contributed by atoms with Gasteiger partial charge < -0.3 is 15.0 Å². The van der Waals surface area contributed by atoms with E-state index in [9.17, 15) is 4.79 Å². The highest BCUT2D eigenvalue weighted by Crippen LogP contribution is 2.30. The zero-order valence-corrected chi connectivity index (χ0v) is 12.5. The quantitative estimate of drug-likeness (QED) is 0.909. The molecule has 0 bridgehead atoms. The van der Waals surface area contributed by atoms with E-state index < -0.39 is 0 Å². The van der Waals surface area contributed by atoms with Crippen molar-refractivity contribution < 1.29 is 9.53 Å². The van der Waals surface area contributed by atoms with Crippen LogP contribution in [0, 0.1) is 0 Å². The molecule has 21 heavy (non-hydrogen) atoms. The molecule has 2 heterocycles. The van der Waals surface area contributed by atoms with E-state index in [1.54, 1.807) is 0 Å². The van der Waals surface area contributed by atoms with Gasteiger partial charge in [0.2, 0.25) is 0 Å². The van der Waals surface area contributed by atoms with Gasteiger partial charge in [-0.15, -0.1) is 0 Å². The SMILES string of the molecule is O=C(OCc1ccccc1)N1CCCC2(CCCN2)CC1. The van der Waals surface area contributed by atoms with E-state index >= 15 is 0 Å². The molecule has 0 radical (unpaired) electrons. The fourth-order valence-corrected chi connectivity index (χ4v) is 3.48. The summed E-state index contributed by atoms with van der Waals surface area (Å²) in [5, 5.41) is 3.65. The third-order valence-corrected chi connectivity index (χ3v) is 4.74. The smallest absolute Gasteiger partial charge is 0.410 e. The molecule has 1 aromatic rings. The third-order valence-electron chi connectivity index (χ3n) is 4.74. The molecule has 1 aromatic carbocycles. The lowest BCUT2D eigenvalue weighted by atomic mass is 9.89. The van der Waals surface area contributed by atoms with Gasteiger partial charge in [0.05, 0.1) is 0 Å². The molecule has 1 N–H and O–H groups in total. The molecule has 3 rings (SSSR count). The van der Waals surface area contributed by atoms with Crippen LogP contribution < -0.4 is 5.32 Å². The number of hydrogen-bond acceptors (Lipinski definition) is 3. The summed E-state index contributed by atoms with van der Waals surface area (Å²) in [5.74, 6) is 0. The Morgan fingerprint density at radius 2 is 1.95 bits per heavy atom. The summed E-state index contributed by atoms with van der Waals surface area (Å²) in [6.07, 6.45) is 5.63. The summed E-state index contributed by atoms with van der Waals surface area (Å²) < 4.78 is 5.44. The van der Waals surface area contributed by atoms with Gasteiger partial charge in [0.25, 0.3) is 0 Å². The van der Waals surface area contributed by atoms with Gasteiger partial charge >= 0.3 is 6.09 Å². The molecule has 4 nitrogen and oxygen atoms in total. The molecular formula is C17H24N2O2. The Morgan fingerprint density at radius 3 is 2.71 bits per heavy atom. The van der Waals surface area contributed by atoms with Crippen LogP contribution in [0.25, 0.3) is 0 Å². The first-order chi connectivity index (χ1) is 10.3. The number of amides is 1. The maximum atomic E-state index is 12.2. The summed E-state index contributed by atoms with van der Waals surface area (Å²) in [5.41, 5.74) is 1.32. The number of ether oxygens (including phenoxy) is 1. The van der Waals surface area contributed by atoms with Crippen molar-refractivity contribution in [2.24, 2.45) is 0 Å². The van der Waals surface area contributed by atoms with Gasteiger partial charge in [0.1, 0.15) is 6.61 Å². The molecule has 1 atom stereocenters. The summed E-state index contributed by atoms with van der Waals surface area (Å²) in [4.78, 5) is 14.1. The predicted octanol–water partition coefficient (Wildman–Crippen LogP) is 2.93. The van der Waals surface area contributed by atoms with E-state index in [-0.39, 0.29) is 11.6 Å². The standard InChI is InChI=1S/C17H24N2O2/c20-16(21-14-15-6-2-1-3-7-15)19-12-5-9-17(10-13-19)8-4-11-18-17/h1-3,6-7,18H,4-5,8-14H2. The largest absolute Gasteiger partial charge is 0.445 e. The molecule has 4 heteroatoms. The molecule has 2 saturated heterocycles. The molecule has 2 aliphatic heterocycles. The van der Waals surface area contributed by atoms with Crippen LogP contribution in [-0.2, 0) is 11.3 Å². The maximum Gasteiger partial charge on any atom is 0.410 e. The van der Waals surface area contributed by atoms with Crippen molar-refractivity contribution in [2.75, 3.05) is 19.6 Å². The fourth-order valence-electron chi connectivity index (χ4n) is 3.48. The second-order valence-electron chi connectivity index (χ2n) is 6.19. The van der Waals surface area contributed by atoms with E-state index in [0.717, 1.165) is 38.0 Å². The average molecular weight is 288 g/mol. The van der Waals surface area contributed by atoms with Crippen molar-refractivity contribution in [3.8, 4) is 0 Å². The highest BCUT2D eigenvalue weighted by atomic mass is 16.6. The van der Waals surface area contributed by atoms with Crippen LogP contribution in [0.2, 0.25) is 0 Å². The molecule has 0 saturated carbocycles. The fraction of sp³-hybridized carbons (Fsp3) is 0.588. The normalized spacial score (nSPS) is 25.8. The molecule has 0 aromatic heterocycles. The molecule has 1 amide bonds. The van der Waals surface area contributed by atoms with Gasteiger partial charge in [0, 0.05) is 18.6 Å². The summed E-state index contributed by atoms with van der Waals surface area (Å²) in [7, 11) is 0. The minimum Gasteiger partial charge on any atom is -0.445 e. The molecule has 1 spiro atoms. The molecule has 1 unspecified atom stereocenters. The van der Waals surface area contributed by atoms with Gasteiger partial charge in [-0.05, 0) is 44.2 Å². The van der Waals surface area contributed by atoms with Crippen LogP contribution in [0.3, 0.4) is 0 Å². The number of nitrogens with one attached hydrogen (secondary N) is 1. The first kappa shape index (κ1) is 14.4. The average Bonchev–Trinajstić information content (AvgIpc) is 2.87. The molecule has 0 aliphatic carbocycles. The number of hydrogen-bond donors (Lipinski definition) is 1. The van der Waals surface area contributed by atoms with Crippen LogP contribution in [0.1, 0.15) is 37.7 Å². The Bertz CT molecular complexity index is 469. The molecular weight excluding hydrogens is 264 g/mol. The number of carbonyl (C=O) groups excluding carboxylic acids is 1. The van der Waals surface area contributed by atoms with E-state index in [1.807, 2.05) is 35.2 Å². The van der Waals surface area contributed by atoms with Crippen molar-refractivity contribution in [3.05, 3.63) is 35.9 Å². The number of nitrogens with zero attached hydrogens (tertiary/aromatic N) is 1. The molecule has 2 fully saturated rings. The Balaban J connectivity index is 1.51. The van der Waals surface area contributed by atoms with Crippen molar-refractivity contribution in [1.29, 1.82) is 0 Å². The zero-order valence-electron chi connectivity index (χ0n) is 12.5. The van der Waals surface area contributed by atoms with E-state index in [1.165, 1.54) is 19.3 Å². The Kier molecular flexibility index (Phi) is 4.44. The Morgan fingerprint density at radius 1 is 1.14 bits per heavy atom. The first-order valence-electron chi connectivity index (χ1n) is 7.98.